The van der Waals surface area contributed by atoms with Gasteiger partial charge >= 0.3 is 0 Å². The van der Waals surface area contributed by atoms with Crippen LogP contribution < -0.4 is 5.32 Å². The van der Waals surface area contributed by atoms with Crippen LogP contribution in [0.5, 0.6) is 0 Å². The standard InChI is InChI=1S/C12H25NO2/c1-3-7-13-12(9-14,11-5-6-11)10-15-8-4-2/h11,13-14H,3-10H2,1-2H3. The minimum atomic E-state index is -0.162. The lowest BCUT2D eigenvalue weighted by atomic mass is 9.95. The summed E-state index contributed by atoms with van der Waals surface area (Å²) in [4.78, 5) is 0. The fraction of sp³-hybridized carbons (Fsp3) is 1.00. The van der Waals surface area contributed by atoms with E-state index in [-0.39, 0.29) is 12.1 Å². The number of rotatable bonds is 9. The molecule has 0 aromatic rings. The molecule has 1 aliphatic rings. The van der Waals surface area contributed by atoms with Crippen LogP contribution in [0.2, 0.25) is 0 Å². The number of ether oxygens (including phenoxy) is 1. The van der Waals surface area contributed by atoms with E-state index < -0.39 is 0 Å². The number of hydrogen-bond donors (Lipinski definition) is 2. The van der Waals surface area contributed by atoms with Gasteiger partial charge in [-0.05, 0) is 38.1 Å². The van der Waals surface area contributed by atoms with Crippen LogP contribution in [0.4, 0.5) is 0 Å². The van der Waals surface area contributed by atoms with Crippen molar-refractivity contribution < 1.29 is 9.84 Å². The zero-order chi connectivity index (χ0) is 11.1. The van der Waals surface area contributed by atoms with E-state index in [0.717, 1.165) is 26.0 Å². The Labute approximate surface area is 93.2 Å². The van der Waals surface area contributed by atoms with Gasteiger partial charge in [0.15, 0.2) is 0 Å². The molecule has 1 atom stereocenters. The molecule has 0 radical (unpaired) electrons. The van der Waals surface area contributed by atoms with Crippen LogP contribution in [0.25, 0.3) is 0 Å². The van der Waals surface area contributed by atoms with E-state index in [1.807, 2.05) is 0 Å². The van der Waals surface area contributed by atoms with E-state index >= 15 is 0 Å². The minimum Gasteiger partial charge on any atom is -0.394 e. The Morgan fingerprint density at radius 2 is 2.07 bits per heavy atom. The van der Waals surface area contributed by atoms with Crippen LogP contribution in [0, 0.1) is 5.92 Å². The maximum Gasteiger partial charge on any atom is 0.0679 e. The lowest BCUT2D eigenvalue weighted by molar-refractivity contribution is 0.0241. The van der Waals surface area contributed by atoms with Crippen LogP contribution in [0.1, 0.15) is 39.5 Å². The highest BCUT2D eigenvalue weighted by atomic mass is 16.5. The molecule has 0 aromatic heterocycles. The molecule has 15 heavy (non-hydrogen) atoms. The molecule has 0 amide bonds. The van der Waals surface area contributed by atoms with E-state index in [9.17, 15) is 5.11 Å². The highest BCUT2D eigenvalue weighted by Crippen LogP contribution is 2.39. The molecule has 1 rings (SSSR count). The molecule has 0 saturated heterocycles. The molecule has 0 spiro atoms. The second-order valence-electron chi connectivity index (χ2n) is 4.57. The minimum absolute atomic E-state index is 0.162. The zero-order valence-electron chi connectivity index (χ0n) is 10.1. The number of nitrogens with one attached hydrogen (secondary N) is 1. The van der Waals surface area contributed by atoms with Crippen molar-refractivity contribution in [3.63, 3.8) is 0 Å². The molecule has 3 heteroatoms. The molecule has 2 N–H and O–H groups in total. The van der Waals surface area contributed by atoms with Crippen LogP contribution >= 0.6 is 0 Å². The molecular weight excluding hydrogens is 190 g/mol. The summed E-state index contributed by atoms with van der Waals surface area (Å²) in [7, 11) is 0. The molecule has 1 fully saturated rings. The monoisotopic (exact) mass is 215 g/mol. The Hall–Kier alpha value is -0.120. The van der Waals surface area contributed by atoms with Gasteiger partial charge in [0.05, 0.1) is 18.8 Å². The lowest BCUT2D eigenvalue weighted by Crippen LogP contribution is -2.54. The molecule has 0 bridgehead atoms. The van der Waals surface area contributed by atoms with Gasteiger partial charge in [-0.2, -0.15) is 0 Å². The maximum atomic E-state index is 9.57. The third kappa shape index (κ3) is 3.74. The molecule has 1 aliphatic carbocycles. The first kappa shape index (κ1) is 12.9. The average molecular weight is 215 g/mol. The topological polar surface area (TPSA) is 41.5 Å². The lowest BCUT2D eigenvalue weighted by Gasteiger charge is -2.33. The smallest absolute Gasteiger partial charge is 0.0679 e. The summed E-state index contributed by atoms with van der Waals surface area (Å²) < 4.78 is 5.62. The summed E-state index contributed by atoms with van der Waals surface area (Å²) in [6.45, 7) is 6.87. The predicted molar refractivity (Wildman–Crippen MR) is 61.9 cm³/mol. The summed E-state index contributed by atoms with van der Waals surface area (Å²) >= 11 is 0. The number of aliphatic hydroxyl groups is 1. The van der Waals surface area contributed by atoms with Gasteiger partial charge in [0.1, 0.15) is 0 Å². The van der Waals surface area contributed by atoms with Gasteiger partial charge in [-0.1, -0.05) is 13.8 Å². The van der Waals surface area contributed by atoms with E-state index in [4.69, 9.17) is 4.74 Å². The molecule has 0 heterocycles. The van der Waals surface area contributed by atoms with Crippen molar-refractivity contribution in [1.29, 1.82) is 0 Å². The first-order valence-corrected chi connectivity index (χ1v) is 6.22. The first-order chi connectivity index (χ1) is 7.29. The Morgan fingerprint density at radius 1 is 1.33 bits per heavy atom. The second-order valence-corrected chi connectivity index (χ2v) is 4.57. The molecule has 0 aromatic carbocycles. The van der Waals surface area contributed by atoms with Crippen molar-refractivity contribution in [2.45, 2.75) is 45.1 Å². The average Bonchev–Trinajstić information content (AvgIpc) is 3.08. The highest BCUT2D eigenvalue weighted by Gasteiger charge is 2.44. The SMILES string of the molecule is CCCNC(CO)(COCCC)C1CC1. The second kappa shape index (κ2) is 6.46. The van der Waals surface area contributed by atoms with Gasteiger partial charge in [0.2, 0.25) is 0 Å². The highest BCUT2D eigenvalue weighted by molar-refractivity contribution is 5.00. The quantitative estimate of drug-likeness (QED) is 0.573. The summed E-state index contributed by atoms with van der Waals surface area (Å²) in [6.07, 6.45) is 4.60. The van der Waals surface area contributed by atoms with Crippen molar-refractivity contribution in [3.8, 4) is 0 Å². The Morgan fingerprint density at radius 3 is 2.53 bits per heavy atom. The van der Waals surface area contributed by atoms with Gasteiger partial charge in [-0.3, -0.25) is 0 Å². The van der Waals surface area contributed by atoms with E-state index in [1.54, 1.807) is 0 Å². The first-order valence-electron chi connectivity index (χ1n) is 6.22. The van der Waals surface area contributed by atoms with Gasteiger partial charge in [0.25, 0.3) is 0 Å². The Bertz CT molecular complexity index is 171. The predicted octanol–water partition coefficient (Wildman–Crippen LogP) is 1.55. The summed E-state index contributed by atoms with van der Waals surface area (Å²) in [5.74, 6) is 0.617. The van der Waals surface area contributed by atoms with Gasteiger partial charge in [-0.25, -0.2) is 0 Å². The molecule has 90 valence electrons. The van der Waals surface area contributed by atoms with E-state index in [2.05, 4.69) is 19.2 Å². The van der Waals surface area contributed by atoms with Crippen LogP contribution in [-0.2, 0) is 4.74 Å². The van der Waals surface area contributed by atoms with Crippen LogP contribution in [0.15, 0.2) is 0 Å². The van der Waals surface area contributed by atoms with Gasteiger partial charge < -0.3 is 15.2 Å². The summed E-state index contributed by atoms with van der Waals surface area (Å²) in [5, 5.41) is 13.0. The van der Waals surface area contributed by atoms with E-state index in [0.29, 0.717) is 12.5 Å². The third-order valence-corrected chi connectivity index (χ3v) is 3.08. The van der Waals surface area contributed by atoms with Crippen LogP contribution in [-0.4, -0.2) is 37.0 Å². The normalized spacial score (nSPS) is 20.2. The van der Waals surface area contributed by atoms with Crippen molar-refractivity contribution >= 4 is 0 Å². The number of hydrogen-bond acceptors (Lipinski definition) is 3. The number of aliphatic hydroxyl groups excluding tert-OH is 1. The fourth-order valence-electron chi connectivity index (χ4n) is 1.95. The maximum absolute atomic E-state index is 9.57. The van der Waals surface area contributed by atoms with Crippen molar-refractivity contribution in [2.75, 3.05) is 26.4 Å². The fourth-order valence-corrected chi connectivity index (χ4v) is 1.95. The van der Waals surface area contributed by atoms with Gasteiger partial charge in [0, 0.05) is 6.61 Å². The summed E-state index contributed by atoms with van der Waals surface area (Å²) in [5.41, 5.74) is -0.162. The van der Waals surface area contributed by atoms with Crippen molar-refractivity contribution in [2.24, 2.45) is 5.92 Å². The van der Waals surface area contributed by atoms with Crippen molar-refractivity contribution in [1.82, 2.24) is 5.32 Å². The molecule has 1 saturated carbocycles. The zero-order valence-corrected chi connectivity index (χ0v) is 10.1. The summed E-state index contributed by atoms with van der Waals surface area (Å²) in [6, 6.07) is 0. The Kier molecular flexibility index (Phi) is 5.58. The molecule has 1 unspecified atom stereocenters. The van der Waals surface area contributed by atoms with Crippen molar-refractivity contribution in [3.05, 3.63) is 0 Å². The molecule has 0 aliphatic heterocycles. The van der Waals surface area contributed by atoms with E-state index in [1.165, 1.54) is 12.8 Å². The largest absolute Gasteiger partial charge is 0.394 e. The molecular formula is C12H25NO2. The van der Waals surface area contributed by atoms with Crippen LogP contribution in [0.3, 0.4) is 0 Å². The van der Waals surface area contributed by atoms with Gasteiger partial charge in [-0.15, -0.1) is 0 Å². The molecule has 3 nitrogen and oxygen atoms in total. The third-order valence-electron chi connectivity index (χ3n) is 3.08. The Balaban J connectivity index is 2.41.